The van der Waals surface area contributed by atoms with Crippen molar-refractivity contribution >= 4 is 21.6 Å². The summed E-state index contributed by atoms with van der Waals surface area (Å²) in [7, 11) is -3.53. The molecule has 0 aliphatic rings. The summed E-state index contributed by atoms with van der Waals surface area (Å²) in [6, 6.07) is 5.44. The Labute approximate surface area is 127 Å². The lowest BCUT2D eigenvalue weighted by molar-refractivity contribution is 0.576. The molecule has 2 N–H and O–H groups in total. The van der Waals surface area contributed by atoms with Gasteiger partial charge in [0, 0.05) is 19.1 Å². The van der Waals surface area contributed by atoms with Gasteiger partial charge in [-0.1, -0.05) is 44.9 Å². The molecule has 4 nitrogen and oxygen atoms in total. The molecule has 114 valence electrons. The van der Waals surface area contributed by atoms with E-state index in [2.05, 4.69) is 10.0 Å². The Bertz CT molecular complexity index is 530. The molecule has 0 spiro atoms. The highest BCUT2D eigenvalue weighted by molar-refractivity contribution is 7.89. The van der Waals surface area contributed by atoms with E-state index < -0.39 is 10.0 Å². The minimum absolute atomic E-state index is 0.151. The summed E-state index contributed by atoms with van der Waals surface area (Å²) >= 11 is 6.02. The topological polar surface area (TPSA) is 58.2 Å². The van der Waals surface area contributed by atoms with E-state index in [9.17, 15) is 8.42 Å². The largest absolute Gasteiger partial charge is 0.310 e. The van der Waals surface area contributed by atoms with Crippen LogP contribution < -0.4 is 10.0 Å². The first-order valence-electron chi connectivity index (χ1n) is 6.88. The van der Waals surface area contributed by atoms with Crippen molar-refractivity contribution in [2.75, 3.05) is 6.54 Å². The van der Waals surface area contributed by atoms with Crippen LogP contribution in [0.3, 0.4) is 0 Å². The maximum atomic E-state index is 12.2. The van der Waals surface area contributed by atoms with Crippen LogP contribution in [-0.4, -0.2) is 21.0 Å². The van der Waals surface area contributed by atoms with Gasteiger partial charge in [0.15, 0.2) is 0 Å². The van der Waals surface area contributed by atoms with Crippen LogP contribution in [-0.2, 0) is 16.6 Å². The van der Waals surface area contributed by atoms with Gasteiger partial charge in [0.25, 0.3) is 0 Å². The van der Waals surface area contributed by atoms with Crippen LogP contribution in [0.1, 0.15) is 39.2 Å². The van der Waals surface area contributed by atoms with E-state index >= 15 is 0 Å². The smallest absolute Gasteiger partial charge is 0.242 e. The van der Waals surface area contributed by atoms with Gasteiger partial charge >= 0.3 is 0 Å². The molecule has 0 fully saturated rings. The summed E-state index contributed by atoms with van der Waals surface area (Å²) < 4.78 is 27.0. The molecule has 0 bridgehead atoms. The van der Waals surface area contributed by atoms with E-state index in [0.29, 0.717) is 19.1 Å². The van der Waals surface area contributed by atoms with Gasteiger partial charge in [0.1, 0.15) is 4.90 Å². The summed E-state index contributed by atoms with van der Waals surface area (Å²) in [6.45, 7) is 7.15. The Morgan fingerprint density at radius 3 is 2.60 bits per heavy atom. The zero-order chi connectivity index (χ0) is 15.2. The van der Waals surface area contributed by atoms with Gasteiger partial charge in [-0.25, -0.2) is 13.1 Å². The summed E-state index contributed by atoms with van der Waals surface area (Å²) in [5.74, 6) is 0. The van der Waals surface area contributed by atoms with E-state index in [1.807, 2.05) is 26.8 Å². The average molecular weight is 319 g/mol. The Morgan fingerprint density at radius 1 is 1.30 bits per heavy atom. The van der Waals surface area contributed by atoms with Crippen LogP contribution in [0.15, 0.2) is 23.1 Å². The third kappa shape index (κ3) is 5.40. The normalized spacial score (nSPS) is 12.1. The first-order chi connectivity index (χ1) is 9.36. The number of hydrogen-bond donors (Lipinski definition) is 2. The van der Waals surface area contributed by atoms with E-state index in [1.54, 1.807) is 12.1 Å². The van der Waals surface area contributed by atoms with Crippen molar-refractivity contribution < 1.29 is 8.42 Å². The second-order valence-corrected chi connectivity index (χ2v) is 7.19. The fourth-order valence-corrected chi connectivity index (χ4v) is 3.27. The van der Waals surface area contributed by atoms with Crippen LogP contribution >= 0.6 is 11.6 Å². The van der Waals surface area contributed by atoms with Crippen LogP contribution in [0.5, 0.6) is 0 Å². The Morgan fingerprint density at radius 2 is 2.00 bits per heavy atom. The monoisotopic (exact) mass is 318 g/mol. The number of halogens is 1. The summed E-state index contributed by atoms with van der Waals surface area (Å²) in [5, 5.41) is 3.51. The first kappa shape index (κ1) is 17.4. The van der Waals surface area contributed by atoms with Crippen LogP contribution in [0.4, 0.5) is 0 Å². The fourth-order valence-electron chi connectivity index (χ4n) is 1.65. The zero-order valence-corrected chi connectivity index (χ0v) is 13.8. The van der Waals surface area contributed by atoms with Crippen molar-refractivity contribution in [3.05, 3.63) is 28.8 Å². The Kier molecular flexibility index (Phi) is 6.95. The molecule has 0 heterocycles. The summed E-state index contributed by atoms with van der Waals surface area (Å²) in [5.41, 5.74) is 0.902. The van der Waals surface area contributed by atoms with E-state index in [1.165, 1.54) is 0 Å². The van der Waals surface area contributed by atoms with Crippen molar-refractivity contribution in [3.63, 3.8) is 0 Å². The van der Waals surface area contributed by atoms with Gasteiger partial charge in [-0.3, -0.25) is 0 Å². The van der Waals surface area contributed by atoms with Crippen molar-refractivity contribution in [1.82, 2.24) is 10.0 Å². The SMILES string of the molecule is CCCCNS(=O)(=O)c1cc(CNC(C)C)ccc1Cl. The van der Waals surface area contributed by atoms with Gasteiger partial charge in [0.05, 0.1) is 5.02 Å². The standard InChI is InChI=1S/C14H23ClN2O2S/c1-4-5-8-17-20(18,19)14-9-12(6-7-13(14)15)10-16-11(2)3/h6-7,9,11,16-17H,4-5,8,10H2,1-3H3. The minimum atomic E-state index is -3.53. The van der Waals surface area contributed by atoms with Gasteiger partial charge in [0.2, 0.25) is 10.0 Å². The third-order valence-electron chi connectivity index (χ3n) is 2.82. The molecule has 0 aliphatic heterocycles. The van der Waals surface area contributed by atoms with Gasteiger partial charge < -0.3 is 5.32 Å². The van der Waals surface area contributed by atoms with Crippen LogP contribution in [0.2, 0.25) is 5.02 Å². The van der Waals surface area contributed by atoms with Crippen molar-refractivity contribution in [2.45, 2.75) is 51.1 Å². The number of sulfonamides is 1. The lowest BCUT2D eigenvalue weighted by Crippen LogP contribution is -2.26. The molecule has 1 rings (SSSR count). The second kappa shape index (κ2) is 7.98. The molecule has 0 saturated carbocycles. The molecule has 0 aromatic heterocycles. The fraction of sp³-hybridized carbons (Fsp3) is 0.571. The second-order valence-electron chi connectivity index (χ2n) is 5.05. The maximum Gasteiger partial charge on any atom is 0.242 e. The predicted octanol–water partition coefficient (Wildman–Crippen LogP) is 2.92. The average Bonchev–Trinajstić information content (AvgIpc) is 2.37. The maximum absolute atomic E-state index is 12.2. The molecular weight excluding hydrogens is 296 g/mol. The number of rotatable bonds is 8. The molecule has 1 aromatic rings. The van der Waals surface area contributed by atoms with E-state index in [4.69, 9.17) is 11.6 Å². The molecule has 0 aliphatic carbocycles. The molecule has 6 heteroatoms. The summed E-state index contributed by atoms with van der Waals surface area (Å²) in [4.78, 5) is 0.151. The van der Waals surface area contributed by atoms with Gasteiger partial charge in [-0.15, -0.1) is 0 Å². The number of unbranched alkanes of at least 4 members (excludes halogenated alkanes) is 1. The molecular formula is C14H23ClN2O2S. The number of hydrogen-bond acceptors (Lipinski definition) is 3. The molecule has 0 atom stereocenters. The van der Waals surface area contributed by atoms with Crippen molar-refractivity contribution in [3.8, 4) is 0 Å². The van der Waals surface area contributed by atoms with Gasteiger partial charge in [-0.05, 0) is 24.1 Å². The highest BCUT2D eigenvalue weighted by Gasteiger charge is 2.17. The van der Waals surface area contributed by atoms with E-state index in [0.717, 1.165) is 18.4 Å². The Hall–Kier alpha value is -0.620. The molecule has 0 radical (unpaired) electrons. The molecule has 0 unspecified atom stereocenters. The van der Waals surface area contributed by atoms with E-state index in [-0.39, 0.29) is 9.92 Å². The highest BCUT2D eigenvalue weighted by atomic mass is 35.5. The van der Waals surface area contributed by atoms with Crippen LogP contribution in [0.25, 0.3) is 0 Å². The van der Waals surface area contributed by atoms with Crippen molar-refractivity contribution in [2.24, 2.45) is 0 Å². The third-order valence-corrected chi connectivity index (χ3v) is 4.76. The minimum Gasteiger partial charge on any atom is -0.310 e. The van der Waals surface area contributed by atoms with Crippen molar-refractivity contribution in [1.29, 1.82) is 0 Å². The number of nitrogens with one attached hydrogen (secondary N) is 2. The lowest BCUT2D eigenvalue weighted by Gasteiger charge is -2.12. The van der Waals surface area contributed by atoms with Gasteiger partial charge in [-0.2, -0.15) is 0 Å². The molecule has 1 aromatic carbocycles. The Balaban J connectivity index is 2.89. The first-order valence-corrected chi connectivity index (χ1v) is 8.74. The zero-order valence-electron chi connectivity index (χ0n) is 12.2. The van der Waals surface area contributed by atoms with Crippen LogP contribution in [0, 0.1) is 0 Å². The molecule has 0 amide bonds. The quantitative estimate of drug-likeness (QED) is 0.725. The summed E-state index contributed by atoms with van der Waals surface area (Å²) in [6.07, 6.45) is 1.75. The predicted molar refractivity (Wildman–Crippen MR) is 83.5 cm³/mol. The lowest BCUT2D eigenvalue weighted by atomic mass is 10.2. The molecule has 0 saturated heterocycles. The highest BCUT2D eigenvalue weighted by Crippen LogP contribution is 2.22. The molecule has 20 heavy (non-hydrogen) atoms. The number of benzene rings is 1.